The van der Waals surface area contributed by atoms with Gasteiger partial charge in [0.05, 0.1) is 23.9 Å². The fraction of sp³-hybridized carbons (Fsp3) is 0.154. The van der Waals surface area contributed by atoms with E-state index in [2.05, 4.69) is 11.4 Å². The van der Waals surface area contributed by atoms with Crippen molar-refractivity contribution >= 4 is 22.5 Å². The van der Waals surface area contributed by atoms with Crippen molar-refractivity contribution in [1.29, 1.82) is 0 Å². The minimum Gasteiger partial charge on any atom is -0.497 e. The van der Waals surface area contributed by atoms with Crippen LogP contribution in [0.4, 0.5) is 5.69 Å². The summed E-state index contributed by atoms with van der Waals surface area (Å²) in [6.45, 7) is 6.04. The lowest BCUT2D eigenvalue weighted by Crippen LogP contribution is -2.15. The van der Waals surface area contributed by atoms with Gasteiger partial charge in [0.2, 0.25) is 0 Å². The Balaban J connectivity index is 1.92. The summed E-state index contributed by atoms with van der Waals surface area (Å²) in [4.78, 5) is 18.4. The number of rotatable bonds is 4. The molecule has 1 amide bonds. The number of aryl methyl sites for hydroxylation is 2. The minimum absolute atomic E-state index is 0.157. The van der Waals surface area contributed by atoms with E-state index in [0.717, 1.165) is 38.9 Å². The summed E-state index contributed by atoms with van der Waals surface area (Å²) in [6, 6.07) is 21.5. The molecule has 0 spiro atoms. The molecule has 1 heterocycles. The van der Waals surface area contributed by atoms with E-state index in [0.29, 0.717) is 17.0 Å². The lowest BCUT2D eigenvalue weighted by Gasteiger charge is -2.17. The summed E-state index contributed by atoms with van der Waals surface area (Å²) in [5.41, 5.74) is 7.02. The second-order valence-corrected chi connectivity index (χ2v) is 7.49. The molecule has 0 atom stereocenters. The summed E-state index contributed by atoms with van der Waals surface area (Å²) in [7, 11) is 1.61. The largest absolute Gasteiger partial charge is 0.497 e. The zero-order valence-corrected chi connectivity index (χ0v) is 17.6. The third-order valence-electron chi connectivity index (χ3n) is 5.27. The van der Waals surface area contributed by atoms with Crippen molar-refractivity contribution in [3.8, 4) is 17.0 Å². The van der Waals surface area contributed by atoms with E-state index in [9.17, 15) is 4.79 Å². The Kier molecular flexibility index (Phi) is 5.23. The molecule has 150 valence electrons. The predicted molar refractivity (Wildman–Crippen MR) is 122 cm³/mol. The molecule has 1 aromatic heterocycles. The molecule has 0 unspecified atom stereocenters. The average molecular weight is 396 g/mol. The molecule has 0 bridgehead atoms. The van der Waals surface area contributed by atoms with Crippen LogP contribution in [0.3, 0.4) is 0 Å². The average Bonchev–Trinajstić information content (AvgIpc) is 2.74. The molecule has 4 nitrogen and oxygen atoms in total. The number of hydrogen-bond acceptors (Lipinski definition) is 3. The number of pyridine rings is 1. The fourth-order valence-corrected chi connectivity index (χ4v) is 3.88. The standard InChI is InChI=1S/C26H24N2O2/c1-16-13-17(2)24-22(14-16)23(18(3)25(28-24)19-9-6-5-7-10-19)26(29)27-20-11-8-12-21(15-20)30-4/h5-15H,1-4H3,(H,27,29). The topological polar surface area (TPSA) is 51.2 Å². The number of anilines is 1. The Hall–Kier alpha value is -3.66. The van der Waals surface area contributed by atoms with E-state index < -0.39 is 0 Å². The molecular weight excluding hydrogens is 372 g/mol. The number of hydrogen-bond donors (Lipinski definition) is 1. The highest BCUT2D eigenvalue weighted by atomic mass is 16.5. The Bertz CT molecular complexity index is 1250. The Labute approximate surface area is 176 Å². The molecule has 4 heteroatoms. The van der Waals surface area contributed by atoms with Crippen molar-refractivity contribution < 1.29 is 9.53 Å². The highest BCUT2D eigenvalue weighted by Crippen LogP contribution is 2.32. The monoisotopic (exact) mass is 396 g/mol. The van der Waals surface area contributed by atoms with Gasteiger partial charge in [0.1, 0.15) is 5.75 Å². The van der Waals surface area contributed by atoms with Crippen LogP contribution in [0.5, 0.6) is 5.75 Å². The molecule has 0 aliphatic rings. The van der Waals surface area contributed by atoms with Crippen LogP contribution in [0.2, 0.25) is 0 Å². The van der Waals surface area contributed by atoms with Gasteiger partial charge in [0, 0.05) is 22.7 Å². The predicted octanol–water partition coefficient (Wildman–Crippen LogP) is 6.09. The zero-order chi connectivity index (χ0) is 21.3. The zero-order valence-electron chi connectivity index (χ0n) is 17.6. The van der Waals surface area contributed by atoms with Crippen LogP contribution >= 0.6 is 0 Å². The van der Waals surface area contributed by atoms with Gasteiger partial charge in [-0.3, -0.25) is 4.79 Å². The number of carbonyl (C=O) groups is 1. The van der Waals surface area contributed by atoms with E-state index in [-0.39, 0.29) is 5.91 Å². The number of benzene rings is 3. The van der Waals surface area contributed by atoms with E-state index in [1.165, 1.54) is 0 Å². The van der Waals surface area contributed by atoms with E-state index in [1.54, 1.807) is 7.11 Å². The minimum atomic E-state index is -0.157. The quantitative estimate of drug-likeness (QED) is 0.454. The van der Waals surface area contributed by atoms with Gasteiger partial charge in [-0.15, -0.1) is 0 Å². The van der Waals surface area contributed by atoms with E-state index in [4.69, 9.17) is 9.72 Å². The van der Waals surface area contributed by atoms with Crippen LogP contribution in [0.15, 0.2) is 66.7 Å². The van der Waals surface area contributed by atoms with Crippen molar-refractivity contribution in [2.45, 2.75) is 20.8 Å². The molecular formula is C26H24N2O2. The SMILES string of the molecule is COc1cccc(NC(=O)c2c(C)c(-c3ccccc3)nc3c(C)cc(C)cc23)c1. The molecule has 30 heavy (non-hydrogen) atoms. The van der Waals surface area contributed by atoms with Crippen LogP contribution in [0.1, 0.15) is 27.0 Å². The van der Waals surface area contributed by atoms with Gasteiger partial charge in [-0.25, -0.2) is 4.98 Å². The summed E-state index contributed by atoms with van der Waals surface area (Å²) >= 11 is 0. The van der Waals surface area contributed by atoms with Crippen molar-refractivity contribution in [2.24, 2.45) is 0 Å². The first-order valence-electron chi connectivity index (χ1n) is 9.90. The molecule has 0 saturated carbocycles. The number of methoxy groups -OCH3 is 1. The maximum Gasteiger partial charge on any atom is 0.256 e. The molecule has 3 aromatic carbocycles. The maximum atomic E-state index is 13.5. The lowest BCUT2D eigenvalue weighted by molar-refractivity contribution is 0.102. The molecule has 0 radical (unpaired) electrons. The van der Waals surface area contributed by atoms with Crippen LogP contribution in [0.25, 0.3) is 22.2 Å². The van der Waals surface area contributed by atoms with Crippen molar-refractivity contribution in [3.63, 3.8) is 0 Å². The number of carbonyl (C=O) groups excluding carboxylic acids is 1. The number of nitrogens with one attached hydrogen (secondary N) is 1. The molecule has 0 saturated heterocycles. The van der Waals surface area contributed by atoms with Crippen molar-refractivity contribution in [2.75, 3.05) is 12.4 Å². The van der Waals surface area contributed by atoms with Gasteiger partial charge in [-0.2, -0.15) is 0 Å². The fourth-order valence-electron chi connectivity index (χ4n) is 3.88. The van der Waals surface area contributed by atoms with E-state index in [1.807, 2.05) is 81.4 Å². The van der Waals surface area contributed by atoms with Gasteiger partial charge in [0.15, 0.2) is 0 Å². The van der Waals surface area contributed by atoms with Crippen LogP contribution in [-0.2, 0) is 0 Å². The lowest BCUT2D eigenvalue weighted by atomic mass is 9.94. The van der Waals surface area contributed by atoms with Gasteiger partial charge in [-0.1, -0.05) is 48.0 Å². The summed E-state index contributed by atoms with van der Waals surface area (Å²) in [5.74, 6) is 0.538. The molecule has 4 rings (SSSR count). The summed E-state index contributed by atoms with van der Waals surface area (Å²) in [5, 5.41) is 3.90. The van der Waals surface area contributed by atoms with Crippen molar-refractivity contribution in [3.05, 3.63) is 89.0 Å². The van der Waals surface area contributed by atoms with Crippen LogP contribution < -0.4 is 10.1 Å². The van der Waals surface area contributed by atoms with Crippen molar-refractivity contribution in [1.82, 2.24) is 4.98 Å². The molecule has 0 fully saturated rings. The Morgan fingerprint density at radius 1 is 0.933 bits per heavy atom. The second-order valence-electron chi connectivity index (χ2n) is 7.49. The number of ether oxygens (including phenoxy) is 1. The smallest absolute Gasteiger partial charge is 0.256 e. The number of nitrogens with zero attached hydrogens (tertiary/aromatic N) is 1. The highest BCUT2D eigenvalue weighted by Gasteiger charge is 2.20. The first kappa shape index (κ1) is 19.6. The van der Waals surface area contributed by atoms with E-state index >= 15 is 0 Å². The third kappa shape index (κ3) is 3.64. The maximum absolute atomic E-state index is 13.5. The number of aromatic nitrogens is 1. The van der Waals surface area contributed by atoms with Gasteiger partial charge < -0.3 is 10.1 Å². The summed E-state index contributed by atoms with van der Waals surface area (Å²) in [6.07, 6.45) is 0. The highest BCUT2D eigenvalue weighted by molar-refractivity contribution is 6.15. The van der Waals surface area contributed by atoms with Gasteiger partial charge >= 0.3 is 0 Å². The first-order valence-corrected chi connectivity index (χ1v) is 9.90. The molecule has 1 N–H and O–H groups in total. The summed E-state index contributed by atoms with van der Waals surface area (Å²) < 4.78 is 5.28. The normalized spacial score (nSPS) is 10.8. The number of fused-ring (bicyclic) bond motifs is 1. The van der Waals surface area contributed by atoms with Crippen LogP contribution in [-0.4, -0.2) is 18.0 Å². The molecule has 0 aliphatic heterocycles. The third-order valence-corrected chi connectivity index (χ3v) is 5.27. The van der Waals surface area contributed by atoms with Gasteiger partial charge in [-0.05, 0) is 50.1 Å². The molecule has 4 aromatic rings. The number of amides is 1. The second kappa shape index (κ2) is 7.99. The molecule has 0 aliphatic carbocycles. The Morgan fingerprint density at radius 2 is 1.70 bits per heavy atom. The Morgan fingerprint density at radius 3 is 2.43 bits per heavy atom. The van der Waals surface area contributed by atoms with Gasteiger partial charge in [0.25, 0.3) is 5.91 Å². The first-order chi connectivity index (χ1) is 14.5. The van der Waals surface area contributed by atoms with Crippen LogP contribution in [0, 0.1) is 20.8 Å².